The van der Waals surface area contributed by atoms with Gasteiger partial charge < -0.3 is 5.11 Å². The van der Waals surface area contributed by atoms with Crippen LogP contribution in [-0.2, 0) is 11.2 Å². The molecule has 3 nitrogen and oxygen atoms in total. The molecule has 1 N–H and O–H groups in total. The molecule has 0 unspecified atom stereocenters. The fourth-order valence-electron chi connectivity index (χ4n) is 1.80. The van der Waals surface area contributed by atoms with Gasteiger partial charge in [-0.3, -0.25) is 4.79 Å². The Balaban J connectivity index is 2.51. The Morgan fingerprint density at radius 1 is 1.35 bits per heavy atom. The standard InChI is InChI=1S/C12H13NO2S2/c1-6-4-9(7(2)16-6)12-10(5-11(14)15)17-8(3)13-12/h4H,5H2,1-3H3,(H,14,15). The van der Waals surface area contributed by atoms with Gasteiger partial charge in [0.2, 0.25) is 0 Å². The molecule has 17 heavy (non-hydrogen) atoms. The maximum absolute atomic E-state index is 10.8. The van der Waals surface area contributed by atoms with E-state index in [1.807, 2.05) is 13.8 Å². The number of aryl methyl sites for hydroxylation is 3. The Morgan fingerprint density at radius 3 is 2.59 bits per heavy atom. The van der Waals surface area contributed by atoms with Crippen LogP contribution in [0.15, 0.2) is 6.07 Å². The number of carbonyl (C=O) groups is 1. The predicted octanol–water partition coefficient (Wildman–Crippen LogP) is 3.42. The lowest BCUT2D eigenvalue weighted by Crippen LogP contribution is -1.99. The Kier molecular flexibility index (Phi) is 3.31. The van der Waals surface area contributed by atoms with Crippen molar-refractivity contribution in [3.05, 3.63) is 25.7 Å². The van der Waals surface area contributed by atoms with Crippen LogP contribution in [0, 0.1) is 20.8 Å². The lowest BCUT2D eigenvalue weighted by atomic mass is 10.1. The third-order valence-corrected chi connectivity index (χ3v) is 4.35. The number of thiazole rings is 1. The van der Waals surface area contributed by atoms with Gasteiger partial charge in [-0.15, -0.1) is 22.7 Å². The maximum Gasteiger partial charge on any atom is 0.308 e. The Bertz CT molecular complexity index is 569. The normalized spacial score (nSPS) is 10.8. The van der Waals surface area contributed by atoms with Crippen molar-refractivity contribution in [3.8, 4) is 11.3 Å². The van der Waals surface area contributed by atoms with Crippen LogP contribution in [0.3, 0.4) is 0 Å². The van der Waals surface area contributed by atoms with E-state index in [-0.39, 0.29) is 6.42 Å². The van der Waals surface area contributed by atoms with Gasteiger partial charge in [-0.1, -0.05) is 0 Å². The molecule has 2 rings (SSSR count). The van der Waals surface area contributed by atoms with E-state index in [1.54, 1.807) is 11.3 Å². The topological polar surface area (TPSA) is 50.2 Å². The van der Waals surface area contributed by atoms with E-state index < -0.39 is 5.97 Å². The second-order valence-corrected chi connectivity index (χ2v) is 6.65. The highest BCUT2D eigenvalue weighted by molar-refractivity contribution is 7.13. The van der Waals surface area contributed by atoms with E-state index in [0.29, 0.717) is 0 Å². The van der Waals surface area contributed by atoms with Crippen LogP contribution in [0.25, 0.3) is 11.3 Å². The van der Waals surface area contributed by atoms with Gasteiger partial charge in [-0.2, -0.15) is 0 Å². The van der Waals surface area contributed by atoms with Gasteiger partial charge in [0.15, 0.2) is 0 Å². The average molecular weight is 267 g/mol. The van der Waals surface area contributed by atoms with Crippen molar-refractivity contribution in [2.75, 3.05) is 0 Å². The summed E-state index contributed by atoms with van der Waals surface area (Å²) in [6.07, 6.45) is 0.0508. The van der Waals surface area contributed by atoms with Crippen LogP contribution in [0.4, 0.5) is 0 Å². The summed E-state index contributed by atoms with van der Waals surface area (Å²) in [5.74, 6) is -0.806. The van der Waals surface area contributed by atoms with Crippen molar-refractivity contribution < 1.29 is 9.90 Å². The van der Waals surface area contributed by atoms with Gasteiger partial charge in [0.25, 0.3) is 0 Å². The van der Waals surface area contributed by atoms with Crippen LogP contribution in [-0.4, -0.2) is 16.1 Å². The van der Waals surface area contributed by atoms with Crippen LogP contribution in [0.2, 0.25) is 0 Å². The summed E-state index contributed by atoms with van der Waals surface area (Å²) in [5, 5.41) is 9.82. The number of thiophene rings is 1. The van der Waals surface area contributed by atoms with Crippen LogP contribution < -0.4 is 0 Å². The van der Waals surface area contributed by atoms with Gasteiger partial charge in [-0.25, -0.2) is 4.98 Å². The largest absolute Gasteiger partial charge is 0.481 e. The molecule has 0 bridgehead atoms. The highest BCUT2D eigenvalue weighted by Gasteiger charge is 2.17. The number of rotatable bonds is 3. The molecule has 0 fully saturated rings. The first kappa shape index (κ1) is 12.3. The predicted molar refractivity (Wildman–Crippen MR) is 71.0 cm³/mol. The number of aromatic nitrogens is 1. The monoisotopic (exact) mass is 267 g/mol. The molecule has 0 saturated heterocycles. The molecule has 90 valence electrons. The van der Waals surface area contributed by atoms with E-state index in [4.69, 9.17) is 5.11 Å². The van der Waals surface area contributed by atoms with Crippen molar-refractivity contribution in [3.63, 3.8) is 0 Å². The van der Waals surface area contributed by atoms with Gasteiger partial charge in [0, 0.05) is 20.2 Å². The molecule has 0 aliphatic heterocycles. The summed E-state index contributed by atoms with van der Waals surface area (Å²) < 4.78 is 0. The summed E-state index contributed by atoms with van der Waals surface area (Å²) >= 11 is 3.19. The molecule has 0 aromatic carbocycles. The van der Waals surface area contributed by atoms with E-state index in [1.165, 1.54) is 21.1 Å². The van der Waals surface area contributed by atoms with Crippen molar-refractivity contribution in [2.45, 2.75) is 27.2 Å². The van der Waals surface area contributed by atoms with Crippen LogP contribution in [0.5, 0.6) is 0 Å². The molecular weight excluding hydrogens is 254 g/mol. The van der Waals surface area contributed by atoms with Crippen molar-refractivity contribution in [1.29, 1.82) is 0 Å². The number of carboxylic acid groups (broad SMARTS) is 1. The van der Waals surface area contributed by atoms with Gasteiger partial charge in [-0.05, 0) is 26.8 Å². The van der Waals surface area contributed by atoms with E-state index in [0.717, 1.165) is 21.1 Å². The number of hydrogen-bond donors (Lipinski definition) is 1. The number of carboxylic acids is 1. The first-order chi connectivity index (χ1) is 7.97. The van der Waals surface area contributed by atoms with E-state index in [9.17, 15) is 4.79 Å². The molecule has 0 spiro atoms. The molecule has 0 saturated carbocycles. The summed E-state index contributed by atoms with van der Waals surface area (Å²) in [4.78, 5) is 18.6. The second-order valence-electron chi connectivity index (χ2n) is 3.90. The number of hydrogen-bond acceptors (Lipinski definition) is 4. The molecule has 5 heteroatoms. The Hall–Kier alpha value is -1.20. The summed E-state index contributed by atoms with van der Waals surface area (Å²) in [7, 11) is 0. The summed E-state index contributed by atoms with van der Waals surface area (Å²) in [6.45, 7) is 6.01. The highest BCUT2D eigenvalue weighted by Crippen LogP contribution is 2.34. The molecule has 2 aromatic rings. The fourth-order valence-corrected chi connectivity index (χ4v) is 3.67. The molecule has 0 aliphatic rings. The molecule has 0 atom stereocenters. The van der Waals surface area contributed by atoms with Crippen LogP contribution in [0.1, 0.15) is 19.6 Å². The van der Waals surface area contributed by atoms with Gasteiger partial charge >= 0.3 is 5.97 Å². The van der Waals surface area contributed by atoms with Crippen LogP contribution >= 0.6 is 22.7 Å². The quantitative estimate of drug-likeness (QED) is 0.927. The first-order valence-corrected chi connectivity index (χ1v) is 6.86. The zero-order valence-electron chi connectivity index (χ0n) is 9.90. The highest BCUT2D eigenvalue weighted by atomic mass is 32.1. The van der Waals surface area contributed by atoms with E-state index >= 15 is 0 Å². The zero-order chi connectivity index (χ0) is 12.6. The minimum Gasteiger partial charge on any atom is -0.481 e. The third-order valence-electron chi connectivity index (χ3n) is 2.41. The van der Waals surface area contributed by atoms with Gasteiger partial charge in [0.1, 0.15) is 0 Å². The first-order valence-electron chi connectivity index (χ1n) is 5.23. The SMILES string of the molecule is Cc1cc(-c2nc(C)sc2CC(=O)O)c(C)s1. The van der Waals surface area contributed by atoms with Crippen molar-refractivity contribution in [1.82, 2.24) is 4.98 Å². The lowest BCUT2D eigenvalue weighted by molar-refractivity contribution is -0.136. The smallest absolute Gasteiger partial charge is 0.308 e. The third kappa shape index (κ3) is 2.56. The number of nitrogens with zero attached hydrogens (tertiary/aromatic N) is 1. The average Bonchev–Trinajstić information content (AvgIpc) is 2.69. The summed E-state index contributed by atoms with van der Waals surface area (Å²) in [5.41, 5.74) is 1.92. The lowest BCUT2D eigenvalue weighted by Gasteiger charge is -1.98. The summed E-state index contributed by atoms with van der Waals surface area (Å²) in [6, 6.07) is 2.08. The molecule has 2 heterocycles. The fraction of sp³-hybridized carbons (Fsp3) is 0.333. The minimum absolute atomic E-state index is 0.0508. The maximum atomic E-state index is 10.8. The minimum atomic E-state index is -0.806. The molecule has 2 aromatic heterocycles. The van der Waals surface area contributed by atoms with Crippen molar-refractivity contribution >= 4 is 28.6 Å². The second kappa shape index (κ2) is 4.58. The molecular formula is C12H13NO2S2. The number of aliphatic carboxylic acids is 1. The molecule has 0 aliphatic carbocycles. The Labute approximate surface area is 108 Å². The molecule has 0 amide bonds. The van der Waals surface area contributed by atoms with E-state index in [2.05, 4.69) is 18.0 Å². The molecule has 0 radical (unpaired) electrons. The van der Waals surface area contributed by atoms with Gasteiger partial charge in [0.05, 0.1) is 17.1 Å². The zero-order valence-corrected chi connectivity index (χ0v) is 11.5. The van der Waals surface area contributed by atoms with Crippen molar-refractivity contribution in [2.24, 2.45) is 0 Å². The Morgan fingerprint density at radius 2 is 2.06 bits per heavy atom.